The van der Waals surface area contributed by atoms with Crippen molar-refractivity contribution in [3.05, 3.63) is 57.8 Å². The number of hydrogen-bond donors (Lipinski definition) is 0. The second kappa shape index (κ2) is 4.44. The molecule has 82 valence electrons. The summed E-state index contributed by atoms with van der Waals surface area (Å²) in [5.74, 6) is -0.219. The van der Waals surface area contributed by atoms with Crippen molar-refractivity contribution in [1.82, 2.24) is 0 Å². The van der Waals surface area contributed by atoms with Gasteiger partial charge in [0, 0.05) is 0 Å². The largest absolute Gasteiger partial charge is 0.207 e. The third-order valence-electron chi connectivity index (χ3n) is 2.50. The van der Waals surface area contributed by atoms with Gasteiger partial charge in [-0.15, -0.1) is 0 Å². The topological polar surface area (TPSA) is 0 Å². The van der Waals surface area contributed by atoms with Gasteiger partial charge in [0.05, 0.1) is 10.0 Å². The first-order valence-corrected chi connectivity index (χ1v) is 5.55. The van der Waals surface area contributed by atoms with Crippen LogP contribution in [0.2, 0.25) is 10.0 Å². The van der Waals surface area contributed by atoms with E-state index in [1.165, 1.54) is 6.07 Å². The minimum absolute atomic E-state index is 0.219. The van der Waals surface area contributed by atoms with Gasteiger partial charge in [0.15, 0.2) is 0 Å². The minimum Gasteiger partial charge on any atom is -0.207 e. The van der Waals surface area contributed by atoms with Crippen molar-refractivity contribution >= 4 is 23.2 Å². The molecule has 0 fully saturated rings. The molecule has 0 bridgehead atoms. The molecule has 0 unspecified atom stereocenters. The van der Waals surface area contributed by atoms with Crippen LogP contribution >= 0.6 is 23.2 Å². The highest BCUT2D eigenvalue weighted by Gasteiger charge is 2.07. The van der Waals surface area contributed by atoms with E-state index in [0.717, 1.165) is 11.1 Å². The van der Waals surface area contributed by atoms with Gasteiger partial charge in [0.2, 0.25) is 0 Å². The summed E-state index contributed by atoms with van der Waals surface area (Å²) in [5.41, 5.74) is 2.31. The summed E-state index contributed by atoms with van der Waals surface area (Å²) >= 11 is 11.8. The molecule has 3 heteroatoms. The van der Waals surface area contributed by atoms with E-state index in [1.807, 2.05) is 12.1 Å². The Morgan fingerprint density at radius 2 is 1.75 bits per heavy atom. The van der Waals surface area contributed by atoms with E-state index in [4.69, 9.17) is 23.2 Å². The van der Waals surface area contributed by atoms with Gasteiger partial charge in [-0.25, -0.2) is 4.39 Å². The van der Waals surface area contributed by atoms with Gasteiger partial charge in [-0.05, 0) is 41.8 Å². The van der Waals surface area contributed by atoms with Crippen LogP contribution in [-0.2, 0) is 0 Å². The molecule has 0 heterocycles. The SMILES string of the molecule is Cc1c(F)cccc1-c1ccc(Cl)c(Cl)c1. The Morgan fingerprint density at radius 1 is 1.00 bits per heavy atom. The molecule has 0 nitrogen and oxygen atoms in total. The molecule has 0 aliphatic carbocycles. The molecule has 16 heavy (non-hydrogen) atoms. The zero-order chi connectivity index (χ0) is 11.7. The molecule has 0 saturated heterocycles. The van der Waals surface area contributed by atoms with Crippen molar-refractivity contribution < 1.29 is 4.39 Å². The quantitative estimate of drug-likeness (QED) is 0.664. The van der Waals surface area contributed by atoms with Crippen LogP contribution in [0.5, 0.6) is 0 Å². The van der Waals surface area contributed by atoms with E-state index < -0.39 is 0 Å². The molecule has 0 aliphatic rings. The fourth-order valence-corrected chi connectivity index (χ4v) is 1.88. The zero-order valence-electron chi connectivity index (χ0n) is 8.60. The van der Waals surface area contributed by atoms with Crippen LogP contribution in [0.1, 0.15) is 5.56 Å². The molecular weight excluding hydrogens is 246 g/mol. The van der Waals surface area contributed by atoms with Gasteiger partial charge < -0.3 is 0 Å². The molecule has 0 radical (unpaired) electrons. The number of hydrogen-bond acceptors (Lipinski definition) is 0. The average molecular weight is 255 g/mol. The highest BCUT2D eigenvalue weighted by atomic mass is 35.5. The zero-order valence-corrected chi connectivity index (χ0v) is 10.1. The first kappa shape index (κ1) is 11.4. The molecule has 0 atom stereocenters. The van der Waals surface area contributed by atoms with Crippen LogP contribution in [0.4, 0.5) is 4.39 Å². The second-order valence-electron chi connectivity index (χ2n) is 3.54. The molecule has 0 saturated carbocycles. The summed E-state index contributed by atoms with van der Waals surface area (Å²) in [4.78, 5) is 0. The number of benzene rings is 2. The minimum atomic E-state index is -0.219. The highest BCUT2D eigenvalue weighted by molar-refractivity contribution is 6.42. The molecule has 0 aliphatic heterocycles. The van der Waals surface area contributed by atoms with Crippen LogP contribution in [0, 0.1) is 12.7 Å². The summed E-state index contributed by atoms with van der Waals surface area (Å²) in [6, 6.07) is 10.3. The van der Waals surface area contributed by atoms with Crippen molar-refractivity contribution in [2.45, 2.75) is 6.92 Å². The number of halogens is 3. The second-order valence-corrected chi connectivity index (χ2v) is 4.36. The lowest BCUT2D eigenvalue weighted by molar-refractivity contribution is 0.619. The summed E-state index contributed by atoms with van der Waals surface area (Å²) in [7, 11) is 0. The van der Waals surface area contributed by atoms with Gasteiger partial charge in [-0.1, -0.05) is 41.4 Å². The summed E-state index contributed by atoms with van der Waals surface area (Å²) < 4.78 is 13.4. The molecule has 0 N–H and O–H groups in total. The average Bonchev–Trinajstić information content (AvgIpc) is 2.26. The fourth-order valence-electron chi connectivity index (χ4n) is 1.58. The van der Waals surface area contributed by atoms with E-state index in [9.17, 15) is 4.39 Å². The van der Waals surface area contributed by atoms with Gasteiger partial charge in [-0.2, -0.15) is 0 Å². The maximum absolute atomic E-state index is 13.4. The molecule has 2 aromatic rings. The standard InChI is InChI=1S/C13H9Cl2F/c1-8-10(3-2-4-13(8)16)9-5-6-11(14)12(15)7-9/h2-7H,1H3. The maximum Gasteiger partial charge on any atom is 0.126 e. The lowest BCUT2D eigenvalue weighted by Crippen LogP contribution is -1.87. The highest BCUT2D eigenvalue weighted by Crippen LogP contribution is 2.30. The Morgan fingerprint density at radius 3 is 2.44 bits per heavy atom. The van der Waals surface area contributed by atoms with E-state index in [-0.39, 0.29) is 5.82 Å². The number of rotatable bonds is 1. The van der Waals surface area contributed by atoms with Crippen LogP contribution < -0.4 is 0 Å². The first-order valence-electron chi connectivity index (χ1n) is 4.80. The summed E-state index contributed by atoms with van der Waals surface area (Å²) in [6.45, 7) is 1.74. The van der Waals surface area contributed by atoms with E-state index >= 15 is 0 Å². The fraction of sp³-hybridized carbons (Fsp3) is 0.0769. The van der Waals surface area contributed by atoms with Crippen molar-refractivity contribution in [1.29, 1.82) is 0 Å². The third-order valence-corrected chi connectivity index (χ3v) is 3.24. The first-order chi connectivity index (χ1) is 7.59. The van der Waals surface area contributed by atoms with Gasteiger partial charge >= 0.3 is 0 Å². The van der Waals surface area contributed by atoms with E-state index in [2.05, 4.69) is 0 Å². The van der Waals surface area contributed by atoms with Crippen LogP contribution in [0.3, 0.4) is 0 Å². The van der Waals surface area contributed by atoms with Crippen LogP contribution in [-0.4, -0.2) is 0 Å². The molecular formula is C13H9Cl2F. The van der Waals surface area contributed by atoms with Gasteiger partial charge in [0.1, 0.15) is 5.82 Å². The lowest BCUT2D eigenvalue weighted by atomic mass is 10.0. The lowest BCUT2D eigenvalue weighted by Gasteiger charge is -2.07. The third kappa shape index (κ3) is 2.06. The smallest absolute Gasteiger partial charge is 0.126 e. The van der Waals surface area contributed by atoms with Crippen molar-refractivity contribution in [2.75, 3.05) is 0 Å². The van der Waals surface area contributed by atoms with Crippen LogP contribution in [0.15, 0.2) is 36.4 Å². The van der Waals surface area contributed by atoms with Crippen molar-refractivity contribution in [3.8, 4) is 11.1 Å². The Hall–Kier alpha value is -1.05. The van der Waals surface area contributed by atoms with Crippen molar-refractivity contribution in [3.63, 3.8) is 0 Å². The van der Waals surface area contributed by atoms with E-state index in [1.54, 1.807) is 25.1 Å². The Labute approximate surface area is 104 Å². The van der Waals surface area contributed by atoms with Crippen molar-refractivity contribution in [2.24, 2.45) is 0 Å². The molecule has 2 aromatic carbocycles. The Balaban J connectivity index is 2.59. The predicted molar refractivity (Wildman–Crippen MR) is 66.6 cm³/mol. The Kier molecular flexibility index (Phi) is 3.17. The monoisotopic (exact) mass is 254 g/mol. The Bertz CT molecular complexity index is 535. The molecule has 0 amide bonds. The maximum atomic E-state index is 13.4. The predicted octanol–water partition coefficient (Wildman–Crippen LogP) is 5.11. The van der Waals surface area contributed by atoms with Gasteiger partial charge in [0.25, 0.3) is 0 Å². The molecule has 0 aromatic heterocycles. The summed E-state index contributed by atoms with van der Waals surface area (Å²) in [6.07, 6.45) is 0. The van der Waals surface area contributed by atoms with Crippen LogP contribution in [0.25, 0.3) is 11.1 Å². The van der Waals surface area contributed by atoms with E-state index in [0.29, 0.717) is 15.6 Å². The van der Waals surface area contributed by atoms with Gasteiger partial charge in [-0.3, -0.25) is 0 Å². The molecule has 0 spiro atoms. The molecule has 2 rings (SSSR count). The summed E-state index contributed by atoms with van der Waals surface area (Å²) in [5, 5.41) is 0.974. The normalized spacial score (nSPS) is 10.5.